The Labute approximate surface area is 268 Å². The van der Waals surface area contributed by atoms with Gasteiger partial charge in [-0.15, -0.1) is 11.3 Å². The predicted octanol–water partition coefficient (Wildman–Crippen LogP) is 13.6. The first-order chi connectivity index (χ1) is 16.9. The smallest absolute Gasteiger partial charge is 0.0902 e. The fourth-order valence-corrected chi connectivity index (χ4v) is 1.50. The van der Waals surface area contributed by atoms with Gasteiger partial charge in [-0.25, -0.2) is 4.37 Å². The Kier molecular flexibility index (Phi) is 87.6. The fourth-order valence-electron chi connectivity index (χ4n) is 0.793. The minimum Gasteiger partial charge on any atom is -0.473 e. The highest BCUT2D eigenvalue weighted by molar-refractivity contribution is 7.07. The molecule has 4 aromatic rings. The number of H-pyrrole nitrogens is 1. The van der Waals surface area contributed by atoms with Crippen molar-refractivity contribution in [3.05, 3.63) is 77.8 Å². The van der Waals surface area contributed by atoms with E-state index in [0.29, 0.717) is 0 Å². The van der Waals surface area contributed by atoms with Crippen LogP contribution in [0.15, 0.2) is 82.3 Å². The van der Waals surface area contributed by atoms with Crippen LogP contribution in [0.4, 0.5) is 0 Å². The molecule has 0 bridgehead atoms. The van der Waals surface area contributed by atoms with E-state index in [1.165, 1.54) is 11.5 Å². The summed E-state index contributed by atoms with van der Waals surface area (Å²) in [5, 5.41) is 10.1. The Balaban J connectivity index is -0.0000000343. The lowest BCUT2D eigenvalue weighted by Crippen LogP contribution is -1.66. The van der Waals surface area contributed by atoms with Crippen LogP contribution in [0.5, 0.6) is 0 Å². The number of hydrogen-bond donors (Lipinski definition) is 2. The molecule has 8 heteroatoms. The van der Waals surface area contributed by atoms with Gasteiger partial charge in [0.05, 0.1) is 18.0 Å². The number of aromatic amines is 1. The van der Waals surface area contributed by atoms with Crippen LogP contribution in [0.3, 0.4) is 0 Å². The molecule has 0 atom stereocenters. The molecular weight excluding hydrogens is 547 g/mol. The standard InChI is InChI=1S/C4H4O.4C4H10.C3H4N2.2C3H3NS.4CH4.H3N.H2/c1-2-4-5-3-1;4*1-4(2)3;1-2-4-5-3-1;1-2-5-3-4-1;1-2-4-5-3-1;;;;;;/h1-4H;4*4H,1-3H3;1-3H,(H,4,5);2*1-3H;4*1H4;1H3;1H/i;;;;;;;;;;;;;1+1. The van der Waals surface area contributed by atoms with Gasteiger partial charge in [-0.1, -0.05) is 113 Å². The van der Waals surface area contributed by atoms with Crippen molar-refractivity contribution in [1.29, 1.82) is 0 Å². The van der Waals surface area contributed by atoms with Crippen LogP contribution in [0.25, 0.3) is 0 Å². The third kappa shape index (κ3) is 153. The molecule has 0 fully saturated rings. The van der Waals surface area contributed by atoms with Crippen LogP contribution in [-0.4, -0.2) is 19.6 Å². The monoisotopic (exact) mass is 623 g/mol. The highest BCUT2D eigenvalue weighted by Gasteiger charge is 1.69. The molecule has 0 unspecified atom stereocenters. The van der Waals surface area contributed by atoms with Gasteiger partial charge in [-0.3, -0.25) is 10.1 Å². The summed E-state index contributed by atoms with van der Waals surface area (Å²) in [4.78, 5) is 3.74. The zero-order valence-corrected chi connectivity index (χ0v) is 27.2. The van der Waals surface area contributed by atoms with Crippen LogP contribution in [0.1, 0.15) is 114 Å². The summed E-state index contributed by atoms with van der Waals surface area (Å²) in [5.74, 6) is 3.33. The van der Waals surface area contributed by atoms with Crippen LogP contribution in [0, 0.1) is 23.7 Å². The maximum Gasteiger partial charge on any atom is 0.0902 e. The molecule has 0 aliphatic carbocycles. The van der Waals surface area contributed by atoms with Gasteiger partial charge in [0.15, 0.2) is 0 Å². The third-order valence-electron chi connectivity index (χ3n) is 1.53. The van der Waals surface area contributed by atoms with Gasteiger partial charge in [-0.2, -0.15) is 5.10 Å². The first kappa shape index (κ1) is 62.4. The largest absolute Gasteiger partial charge is 0.473 e. The summed E-state index contributed by atoms with van der Waals surface area (Å²) in [6.45, 7) is 26.0. The number of nitrogens with zero attached hydrogens (tertiary/aromatic N) is 3. The Morgan fingerprint density at radius 2 is 1.05 bits per heavy atom. The van der Waals surface area contributed by atoms with Crippen LogP contribution in [0.2, 0.25) is 0 Å². The van der Waals surface area contributed by atoms with Gasteiger partial charge in [0.1, 0.15) is 0 Å². The van der Waals surface area contributed by atoms with Crippen molar-refractivity contribution in [3.8, 4) is 0 Å². The van der Waals surface area contributed by atoms with E-state index in [1.807, 2.05) is 35.0 Å². The van der Waals surface area contributed by atoms with E-state index in [2.05, 4.69) is 107 Å². The molecular formula is C33H75N5OS2. The number of hydrogen-bond acceptors (Lipinski definition) is 7. The van der Waals surface area contributed by atoms with Gasteiger partial charge in [0.2, 0.25) is 0 Å². The topological polar surface area (TPSA) is 103 Å². The van der Waals surface area contributed by atoms with Crippen molar-refractivity contribution in [2.45, 2.75) is 113 Å². The second-order valence-corrected chi connectivity index (χ2v) is 11.3. The molecule has 0 saturated carbocycles. The van der Waals surface area contributed by atoms with Gasteiger partial charge in [-0.05, 0) is 59.5 Å². The van der Waals surface area contributed by atoms with Crippen molar-refractivity contribution < 1.29 is 5.84 Å². The summed E-state index contributed by atoms with van der Waals surface area (Å²) >= 11 is 3.06. The van der Waals surface area contributed by atoms with Crippen LogP contribution >= 0.6 is 22.9 Å². The summed E-state index contributed by atoms with van der Waals surface area (Å²) < 4.78 is 8.35. The molecule has 250 valence electrons. The molecule has 41 heavy (non-hydrogen) atoms. The molecule has 0 aromatic carbocycles. The van der Waals surface area contributed by atoms with E-state index in [9.17, 15) is 0 Å². The summed E-state index contributed by atoms with van der Waals surface area (Å²) in [6, 6.07) is 7.41. The van der Waals surface area contributed by atoms with Crippen molar-refractivity contribution in [1.82, 2.24) is 25.7 Å². The second kappa shape index (κ2) is 57.6. The summed E-state index contributed by atoms with van der Waals surface area (Å²) in [7, 11) is 0. The molecule has 0 aliphatic rings. The summed E-state index contributed by atoms with van der Waals surface area (Å²) in [5.41, 5.74) is 1.79. The van der Waals surface area contributed by atoms with E-state index in [-0.39, 0.29) is 37.3 Å². The molecule has 0 amide bonds. The number of furan rings is 1. The minimum atomic E-state index is 0. The van der Waals surface area contributed by atoms with E-state index in [1.54, 1.807) is 54.2 Å². The Morgan fingerprint density at radius 1 is 0.610 bits per heavy atom. The number of aromatic nitrogens is 4. The quantitative estimate of drug-likeness (QED) is 0.203. The maximum absolute atomic E-state index is 4.58. The van der Waals surface area contributed by atoms with Gasteiger partial charge < -0.3 is 10.6 Å². The van der Waals surface area contributed by atoms with Crippen molar-refractivity contribution in [2.75, 3.05) is 0 Å². The average molecular weight is 623 g/mol. The van der Waals surface area contributed by atoms with E-state index in [0.717, 1.165) is 23.7 Å². The van der Waals surface area contributed by atoms with Crippen molar-refractivity contribution in [3.63, 3.8) is 0 Å². The molecule has 0 aliphatic heterocycles. The van der Waals surface area contributed by atoms with Crippen molar-refractivity contribution in [2.24, 2.45) is 23.7 Å². The summed E-state index contributed by atoms with van der Waals surface area (Å²) in [6.07, 6.45) is 10.2. The predicted molar refractivity (Wildman–Crippen MR) is 198 cm³/mol. The molecule has 0 radical (unpaired) electrons. The lowest BCUT2D eigenvalue weighted by molar-refractivity contribution is 0.567. The second-order valence-electron chi connectivity index (χ2n) is 9.85. The molecule has 6 nitrogen and oxygen atoms in total. The number of rotatable bonds is 0. The zero-order valence-electron chi connectivity index (χ0n) is 25.6. The van der Waals surface area contributed by atoms with E-state index in [4.69, 9.17) is 0 Å². The van der Waals surface area contributed by atoms with Crippen molar-refractivity contribution >= 4 is 22.9 Å². The number of nitrogens with one attached hydrogen (secondary N) is 1. The zero-order chi connectivity index (χ0) is 28.5. The molecule has 4 N–H and O–H groups in total. The van der Waals surface area contributed by atoms with Gasteiger partial charge >= 0.3 is 0 Å². The maximum atomic E-state index is 4.58. The molecule has 0 saturated heterocycles. The Hall–Kier alpha value is -2.29. The highest BCUT2D eigenvalue weighted by atomic mass is 32.1. The minimum absolute atomic E-state index is 0. The Bertz CT molecular complexity index is 510. The third-order valence-corrected chi connectivity index (χ3v) is 2.57. The molecule has 4 rings (SSSR count). The normalized spacial score (nSPS) is 7.41. The van der Waals surface area contributed by atoms with Gasteiger partial charge in [0.25, 0.3) is 0 Å². The van der Waals surface area contributed by atoms with Crippen LogP contribution < -0.4 is 6.15 Å². The SMILES string of the molecule is C.C.C.C.CC(C)C.CC(C)C.CC(C)C.CC(C)C.N.[2HH].c1ccoc1.c1cn[nH]c1.c1cnsc1.c1cscn1. The van der Waals surface area contributed by atoms with E-state index >= 15 is 0 Å². The highest BCUT2D eigenvalue weighted by Crippen LogP contribution is 1.86. The first-order valence-electron chi connectivity index (χ1n) is 12.5. The lowest BCUT2D eigenvalue weighted by atomic mass is 10.3. The van der Waals surface area contributed by atoms with E-state index < -0.39 is 0 Å². The molecule has 4 heterocycles. The molecule has 4 aromatic heterocycles. The van der Waals surface area contributed by atoms with Crippen LogP contribution in [-0.2, 0) is 0 Å². The first-order valence-corrected chi connectivity index (χ1v) is 14.3. The number of thiazole rings is 1. The fraction of sp³-hybridized carbons (Fsp3) is 0.606. The lowest BCUT2D eigenvalue weighted by Gasteiger charge is -1.79. The average Bonchev–Trinajstić information content (AvgIpc) is 3.60. The molecule has 0 spiro atoms. The van der Waals surface area contributed by atoms with Gasteiger partial charge in [0, 0.05) is 37.0 Å². The Morgan fingerprint density at radius 3 is 1.15 bits per heavy atom.